The number of para-hydroxylation sites is 1. The summed E-state index contributed by atoms with van der Waals surface area (Å²) in [5.74, 6) is -0.539. The van der Waals surface area contributed by atoms with Crippen molar-refractivity contribution in [1.82, 2.24) is 4.90 Å². The first-order valence-corrected chi connectivity index (χ1v) is 6.48. The first-order chi connectivity index (χ1) is 9.56. The van der Waals surface area contributed by atoms with Crippen molar-refractivity contribution in [3.63, 3.8) is 0 Å². The van der Waals surface area contributed by atoms with Crippen molar-refractivity contribution in [1.29, 1.82) is 0 Å². The van der Waals surface area contributed by atoms with Crippen LogP contribution in [-0.2, 0) is 20.9 Å². The van der Waals surface area contributed by atoms with Gasteiger partial charge in [-0.2, -0.15) is 0 Å². The molecule has 0 unspecified atom stereocenters. The number of hydrogen-bond donors (Lipinski definition) is 2. The molecule has 0 aromatic heterocycles. The molecular weight excluding hydrogens is 258 g/mol. The summed E-state index contributed by atoms with van der Waals surface area (Å²) in [5, 5.41) is 2.78. The van der Waals surface area contributed by atoms with Gasteiger partial charge >= 0.3 is 5.97 Å². The van der Waals surface area contributed by atoms with Gasteiger partial charge in [0.2, 0.25) is 5.91 Å². The van der Waals surface area contributed by atoms with E-state index in [0.29, 0.717) is 18.8 Å². The summed E-state index contributed by atoms with van der Waals surface area (Å²) in [6.07, 6.45) is 0. The average Bonchev–Trinajstić information content (AvgIpc) is 2.39. The van der Waals surface area contributed by atoms with Gasteiger partial charge in [-0.25, -0.2) is 0 Å². The molecule has 20 heavy (non-hydrogen) atoms. The minimum Gasteiger partial charge on any atom is -0.465 e. The molecule has 0 saturated heterocycles. The fourth-order valence-electron chi connectivity index (χ4n) is 1.74. The van der Waals surface area contributed by atoms with Gasteiger partial charge in [0.05, 0.1) is 19.7 Å². The predicted octanol–water partition coefficient (Wildman–Crippen LogP) is 0.579. The van der Waals surface area contributed by atoms with Crippen LogP contribution in [0.3, 0.4) is 0 Å². The van der Waals surface area contributed by atoms with Crippen LogP contribution in [0.25, 0.3) is 0 Å². The van der Waals surface area contributed by atoms with E-state index < -0.39 is 0 Å². The molecule has 1 aromatic rings. The Balaban J connectivity index is 2.49. The monoisotopic (exact) mass is 279 g/mol. The Hall–Kier alpha value is -1.92. The standard InChI is InChI=1S/C14H21N3O3/c1-3-20-14(19)10-17(2)9-13(18)16-12-7-5-4-6-11(12)8-15/h4-7H,3,8-10,15H2,1-2H3,(H,16,18). The molecule has 0 radical (unpaired) electrons. The molecule has 0 aliphatic heterocycles. The first kappa shape index (κ1) is 16.1. The summed E-state index contributed by atoms with van der Waals surface area (Å²) in [5.41, 5.74) is 7.17. The number of anilines is 1. The fourth-order valence-corrected chi connectivity index (χ4v) is 1.74. The van der Waals surface area contributed by atoms with Crippen molar-refractivity contribution in [2.24, 2.45) is 5.73 Å². The fraction of sp³-hybridized carbons (Fsp3) is 0.429. The van der Waals surface area contributed by atoms with Crippen LogP contribution in [0, 0.1) is 0 Å². The molecule has 6 nitrogen and oxygen atoms in total. The molecule has 6 heteroatoms. The number of benzene rings is 1. The Labute approximate surface area is 118 Å². The van der Waals surface area contributed by atoms with Gasteiger partial charge in [0.15, 0.2) is 0 Å². The minimum absolute atomic E-state index is 0.0831. The van der Waals surface area contributed by atoms with E-state index >= 15 is 0 Å². The van der Waals surface area contributed by atoms with Crippen LogP contribution in [0.2, 0.25) is 0 Å². The van der Waals surface area contributed by atoms with E-state index in [9.17, 15) is 9.59 Å². The number of esters is 1. The van der Waals surface area contributed by atoms with Crippen molar-refractivity contribution in [3.05, 3.63) is 29.8 Å². The Morgan fingerprint density at radius 1 is 1.30 bits per heavy atom. The molecule has 0 atom stereocenters. The van der Waals surface area contributed by atoms with Gasteiger partial charge < -0.3 is 15.8 Å². The quantitative estimate of drug-likeness (QED) is 0.713. The molecule has 1 rings (SSSR count). The van der Waals surface area contributed by atoms with E-state index in [0.717, 1.165) is 5.56 Å². The zero-order chi connectivity index (χ0) is 15.0. The molecule has 0 aliphatic carbocycles. The Morgan fingerprint density at radius 2 is 2.00 bits per heavy atom. The molecule has 3 N–H and O–H groups in total. The Kier molecular flexibility index (Phi) is 6.69. The van der Waals surface area contributed by atoms with Gasteiger partial charge in [0, 0.05) is 12.2 Å². The van der Waals surface area contributed by atoms with Gasteiger partial charge in [-0.15, -0.1) is 0 Å². The van der Waals surface area contributed by atoms with E-state index in [2.05, 4.69) is 5.32 Å². The van der Waals surface area contributed by atoms with Crippen molar-refractivity contribution in [3.8, 4) is 0 Å². The number of rotatable bonds is 7. The summed E-state index contributed by atoms with van der Waals surface area (Å²) in [4.78, 5) is 24.8. The van der Waals surface area contributed by atoms with Crippen LogP contribution in [0.4, 0.5) is 5.69 Å². The molecule has 0 saturated carbocycles. The van der Waals surface area contributed by atoms with Crippen LogP contribution in [0.15, 0.2) is 24.3 Å². The molecule has 0 spiro atoms. The second-order valence-corrected chi connectivity index (χ2v) is 4.39. The number of nitrogens with one attached hydrogen (secondary N) is 1. The third-order valence-corrected chi connectivity index (χ3v) is 2.63. The highest BCUT2D eigenvalue weighted by molar-refractivity contribution is 5.93. The van der Waals surface area contributed by atoms with Gasteiger partial charge in [-0.1, -0.05) is 18.2 Å². The molecule has 0 fully saturated rings. The maximum atomic E-state index is 11.9. The van der Waals surface area contributed by atoms with Crippen molar-refractivity contribution in [2.45, 2.75) is 13.5 Å². The number of likely N-dealkylation sites (N-methyl/N-ethyl adjacent to an activating group) is 1. The van der Waals surface area contributed by atoms with E-state index in [-0.39, 0.29) is 25.0 Å². The maximum absolute atomic E-state index is 11.9. The van der Waals surface area contributed by atoms with Gasteiger partial charge in [-0.05, 0) is 25.6 Å². The van der Waals surface area contributed by atoms with E-state index in [1.165, 1.54) is 0 Å². The van der Waals surface area contributed by atoms with Crippen LogP contribution in [-0.4, -0.2) is 43.5 Å². The van der Waals surface area contributed by atoms with Gasteiger partial charge in [0.1, 0.15) is 0 Å². The minimum atomic E-state index is -0.342. The third kappa shape index (κ3) is 5.38. The normalized spacial score (nSPS) is 10.4. The number of amides is 1. The van der Waals surface area contributed by atoms with Gasteiger partial charge in [0.25, 0.3) is 0 Å². The summed E-state index contributed by atoms with van der Waals surface area (Å²) >= 11 is 0. The Bertz CT molecular complexity index is 463. The molecule has 0 aliphatic rings. The van der Waals surface area contributed by atoms with Crippen molar-refractivity contribution in [2.75, 3.05) is 32.1 Å². The number of hydrogen-bond acceptors (Lipinski definition) is 5. The average molecular weight is 279 g/mol. The summed E-state index contributed by atoms with van der Waals surface area (Å²) in [6, 6.07) is 7.35. The number of ether oxygens (including phenoxy) is 1. The zero-order valence-corrected chi connectivity index (χ0v) is 11.9. The second kappa shape index (κ2) is 8.29. The van der Waals surface area contributed by atoms with Crippen LogP contribution in [0.1, 0.15) is 12.5 Å². The number of carbonyl (C=O) groups excluding carboxylic acids is 2. The lowest BCUT2D eigenvalue weighted by Gasteiger charge is -2.16. The highest BCUT2D eigenvalue weighted by Crippen LogP contribution is 2.13. The summed E-state index contributed by atoms with van der Waals surface area (Å²) in [7, 11) is 1.69. The number of nitrogens with two attached hydrogens (primary N) is 1. The lowest BCUT2D eigenvalue weighted by molar-refractivity contribution is -0.144. The number of carbonyl (C=O) groups is 2. The highest BCUT2D eigenvalue weighted by Gasteiger charge is 2.12. The third-order valence-electron chi connectivity index (χ3n) is 2.63. The highest BCUT2D eigenvalue weighted by atomic mass is 16.5. The van der Waals surface area contributed by atoms with Crippen LogP contribution >= 0.6 is 0 Å². The van der Waals surface area contributed by atoms with E-state index in [1.807, 2.05) is 18.2 Å². The predicted molar refractivity (Wildman–Crippen MR) is 77.1 cm³/mol. The molecule has 0 heterocycles. The van der Waals surface area contributed by atoms with Crippen LogP contribution in [0.5, 0.6) is 0 Å². The maximum Gasteiger partial charge on any atom is 0.320 e. The van der Waals surface area contributed by atoms with Gasteiger partial charge in [-0.3, -0.25) is 14.5 Å². The first-order valence-electron chi connectivity index (χ1n) is 6.48. The van der Waals surface area contributed by atoms with Crippen LogP contribution < -0.4 is 11.1 Å². The van der Waals surface area contributed by atoms with E-state index in [1.54, 1.807) is 24.9 Å². The van der Waals surface area contributed by atoms with Crippen molar-refractivity contribution >= 4 is 17.6 Å². The zero-order valence-electron chi connectivity index (χ0n) is 11.9. The second-order valence-electron chi connectivity index (χ2n) is 4.39. The molecule has 1 aromatic carbocycles. The molecule has 0 bridgehead atoms. The Morgan fingerprint density at radius 3 is 2.65 bits per heavy atom. The largest absolute Gasteiger partial charge is 0.465 e. The smallest absolute Gasteiger partial charge is 0.320 e. The lowest BCUT2D eigenvalue weighted by Crippen LogP contribution is -2.34. The molecular formula is C14H21N3O3. The molecule has 1 amide bonds. The van der Waals surface area contributed by atoms with Crippen molar-refractivity contribution < 1.29 is 14.3 Å². The summed E-state index contributed by atoms with van der Waals surface area (Å²) in [6.45, 7) is 2.63. The lowest BCUT2D eigenvalue weighted by atomic mass is 10.2. The SMILES string of the molecule is CCOC(=O)CN(C)CC(=O)Nc1ccccc1CN. The summed E-state index contributed by atoms with van der Waals surface area (Å²) < 4.78 is 4.82. The number of nitrogens with zero attached hydrogens (tertiary/aromatic N) is 1. The molecule has 110 valence electrons. The van der Waals surface area contributed by atoms with E-state index in [4.69, 9.17) is 10.5 Å². The topological polar surface area (TPSA) is 84.7 Å².